The lowest BCUT2D eigenvalue weighted by Gasteiger charge is -2.38. The number of furan rings is 1. The molecule has 0 aromatic carbocycles. The van der Waals surface area contributed by atoms with E-state index in [1.54, 1.807) is 6.07 Å². The minimum atomic E-state index is -0.548. The highest BCUT2D eigenvalue weighted by Crippen LogP contribution is 2.32. The van der Waals surface area contributed by atoms with Crippen LogP contribution < -0.4 is 5.32 Å². The zero-order valence-electron chi connectivity index (χ0n) is 11.1. The maximum Gasteiger partial charge on any atom is 0.433 e. The Morgan fingerprint density at radius 2 is 2.21 bits per heavy atom. The van der Waals surface area contributed by atoms with Gasteiger partial charge in [-0.25, -0.2) is 0 Å². The van der Waals surface area contributed by atoms with Gasteiger partial charge in [0.1, 0.15) is 10.7 Å². The van der Waals surface area contributed by atoms with E-state index in [1.165, 1.54) is 6.07 Å². The summed E-state index contributed by atoms with van der Waals surface area (Å²) < 4.78 is 5.10. The molecule has 2 N–H and O–H groups in total. The number of aliphatic hydroxyl groups is 1. The summed E-state index contributed by atoms with van der Waals surface area (Å²) in [5.41, 5.74) is -0.270. The first kappa shape index (κ1) is 14.0. The molecular weight excluding hydrogens is 248 g/mol. The fourth-order valence-corrected chi connectivity index (χ4v) is 2.54. The van der Waals surface area contributed by atoms with Crippen LogP contribution in [0.15, 0.2) is 16.5 Å². The Labute approximate surface area is 112 Å². The van der Waals surface area contributed by atoms with Crippen molar-refractivity contribution in [3.63, 3.8) is 0 Å². The molecule has 0 saturated heterocycles. The van der Waals surface area contributed by atoms with Crippen molar-refractivity contribution < 1.29 is 14.4 Å². The van der Waals surface area contributed by atoms with E-state index in [2.05, 4.69) is 12.2 Å². The largest absolute Gasteiger partial charge is 0.433 e. The molecule has 0 atom stereocenters. The lowest BCUT2D eigenvalue weighted by molar-refractivity contribution is -0.402. The van der Waals surface area contributed by atoms with Crippen molar-refractivity contribution in [3.05, 3.63) is 28.0 Å². The van der Waals surface area contributed by atoms with Gasteiger partial charge in [0.2, 0.25) is 0 Å². The molecule has 2 rings (SSSR count). The molecule has 1 aliphatic rings. The van der Waals surface area contributed by atoms with Gasteiger partial charge in [0.25, 0.3) is 0 Å². The number of hydrogen-bond acceptors (Lipinski definition) is 5. The number of hydrogen-bond donors (Lipinski definition) is 2. The Morgan fingerprint density at radius 3 is 2.74 bits per heavy atom. The Kier molecular flexibility index (Phi) is 4.21. The van der Waals surface area contributed by atoms with Crippen LogP contribution in [-0.2, 0) is 6.54 Å². The summed E-state index contributed by atoms with van der Waals surface area (Å²) >= 11 is 0. The lowest BCUT2D eigenvalue weighted by atomic mass is 9.77. The first-order valence-corrected chi connectivity index (χ1v) is 6.64. The predicted molar refractivity (Wildman–Crippen MR) is 69.7 cm³/mol. The van der Waals surface area contributed by atoms with Gasteiger partial charge in [-0.05, 0) is 37.7 Å². The van der Waals surface area contributed by atoms with E-state index in [4.69, 9.17) is 4.42 Å². The zero-order chi connectivity index (χ0) is 13.9. The van der Waals surface area contributed by atoms with E-state index in [9.17, 15) is 15.2 Å². The van der Waals surface area contributed by atoms with Crippen LogP contribution in [0.3, 0.4) is 0 Å². The van der Waals surface area contributed by atoms with E-state index in [1.807, 2.05) is 0 Å². The maximum atomic E-state index is 10.5. The van der Waals surface area contributed by atoms with Crippen LogP contribution in [0, 0.1) is 16.0 Å². The predicted octanol–water partition coefficient (Wildman–Crippen LogP) is 2.22. The van der Waals surface area contributed by atoms with Gasteiger partial charge in [0.05, 0.1) is 19.2 Å². The smallest absolute Gasteiger partial charge is 0.404 e. The van der Waals surface area contributed by atoms with Gasteiger partial charge < -0.3 is 14.8 Å². The second-order valence-electron chi connectivity index (χ2n) is 5.47. The second-order valence-corrected chi connectivity index (χ2v) is 5.47. The third kappa shape index (κ3) is 3.33. The van der Waals surface area contributed by atoms with E-state index in [0.717, 1.165) is 25.7 Å². The molecule has 0 radical (unpaired) electrons. The quantitative estimate of drug-likeness (QED) is 0.631. The topological polar surface area (TPSA) is 88.5 Å². The fraction of sp³-hybridized carbons (Fsp3) is 0.692. The number of aliphatic hydroxyl groups excluding tert-OH is 1. The van der Waals surface area contributed by atoms with E-state index in [0.29, 0.717) is 18.2 Å². The fourth-order valence-electron chi connectivity index (χ4n) is 2.54. The summed E-state index contributed by atoms with van der Waals surface area (Å²) in [5.74, 6) is 0.983. The Hall–Kier alpha value is -1.40. The van der Waals surface area contributed by atoms with Crippen LogP contribution >= 0.6 is 0 Å². The molecule has 106 valence electrons. The minimum absolute atomic E-state index is 0.0858. The normalized spacial score (nSPS) is 27.4. The molecule has 1 aliphatic carbocycles. The maximum absolute atomic E-state index is 10.5. The third-order valence-corrected chi connectivity index (χ3v) is 4.00. The Bertz CT molecular complexity index is 436. The van der Waals surface area contributed by atoms with Crippen molar-refractivity contribution in [3.8, 4) is 0 Å². The van der Waals surface area contributed by atoms with Crippen molar-refractivity contribution in [1.82, 2.24) is 5.32 Å². The highest BCUT2D eigenvalue weighted by molar-refractivity contribution is 5.17. The van der Waals surface area contributed by atoms with E-state index < -0.39 is 4.92 Å². The molecule has 6 nitrogen and oxygen atoms in total. The van der Waals surface area contributed by atoms with Gasteiger partial charge >= 0.3 is 5.88 Å². The summed E-state index contributed by atoms with van der Waals surface area (Å²) in [4.78, 5) is 9.98. The molecule has 1 saturated carbocycles. The first-order valence-electron chi connectivity index (χ1n) is 6.64. The summed E-state index contributed by atoms with van der Waals surface area (Å²) in [5, 5.41) is 23.4. The molecule has 0 bridgehead atoms. The van der Waals surface area contributed by atoms with Crippen molar-refractivity contribution in [1.29, 1.82) is 0 Å². The van der Waals surface area contributed by atoms with Crippen LogP contribution in [-0.4, -0.2) is 22.2 Å². The third-order valence-electron chi connectivity index (χ3n) is 4.00. The summed E-state index contributed by atoms with van der Waals surface area (Å²) in [7, 11) is 0. The first-order chi connectivity index (χ1) is 9.04. The average Bonchev–Trinajstić information content (AvgIpc) is 2.88. The monoisotopic (exact) mass is 268 g/mol. The van der Waals surface area contributed by atoms with Crippen LogP contribution in [0.25, 0.3) is 0 Å². The molecule has 1 fully saturated rings. The Morgan fingerprint density at radius 1 is 1.53 bits per heavy atom. The van der Waals surface area contributed by atoms with Crippen molar-refractivity contribution in [2.75, 3.05) is 6.61 Å². The molecule has 0 aliphatic heterocycles. The van der Waals surface area contributed by atoms with Gasteiger partial charge in [0.15, 0.2) is 0 Å². The molecule has 1 heterocycles. The number of rotatable bonds is 5. The zero-order valence-corrected chi connectivity index (χ0v) is 11.1. The van der Waals surface area contributed by atoms with Gasteiger partial charge in [-0.15, -0.1) is 0 Å². The summed E-state index contributed by atoms with van der Waals surface area (Å²) in [6.07, 6.45) is 4.03. The van der Waals surface area contributed by atoms with Gasteiger partial charge in [0, 0.05) is 5.54 Å². The molecule has 0 spiro atoms. The summed E-state index contributed by atoms with van der Waals surface area (Å²) in [6, 6.07) is 2.95. The van der Waals surface area contributed by atoms with Crippen molar-refractivity contribution >= 4 is 5.88 Å². The number of nitrogens with zero attached hydrogens (tertiary/aromatic N) is 1. The minimum Gasteiger partial charge on any atom is -0.404 e. The second kappa shape index (κ2) is 5.71. The lowest BCUT2D eigenvalue weighted by Crippen LogP contribution is -2.50. The van der Waals surface area contributed by atoms with Crippen molar-refractivity contribution in [2.45, 2.75) is 44.7 Å². The van der Waals surface area contributed by atoms with Gasteiger partial charge in [-0.3, -0.25) is 10.1 Å². The van der Waals surface area contributed by atoms with Crippen LogP contribution in [0.2, 0.25) is 0 Å². The molecule has 6 heteroatoms. The number of nitrogens with one attached hydrogen (secondary N) is 1. The SMILES string of the molecule is CC1CCC(CO)(NCc2ccc([N+](=O)[O-])o2)CC1. The summed E-state index contributed by atoms with van der Waals surface area (Å²) in [6.45, 7) is 2.71. The van der Waals surface area contributed by atoms with Crippen LogP contribution in [0.1, 0.15) is 38.4 Å². The highest BCUT2D eigenvalue weighted by atomic mass is 16.6. The standard InChI is InChI=1S/C13H20N2O4/c1-10-4-6-13(9-16,7-5-10)14-8-11-2-3-12(19-11)15(17)18/h2-3,10,14,16H,4-9H2,1H3. The molecule has 19 heavy (non-hydrogen) atoms. The molecular formula is C13H20N2O4. The van der Waals surface area contributed by atoms with Crippen molar-refractivity contribution in [2.24, 2.45) is 5.92 Å². The van der Waals surface area contributed by atoms with Crippen LogP contribution in [0.5, 0.6) is 0 Å². The molecule has 1 aromatic rings. The Balaban J connectivity index is 1.93. The van der Waals surface area contributed by atoms with Gasteiger partial charge in [-0.1, -0.05) is 6.92 Å². The van der Waals surface area contributed by atoms with E-state index >= 15 is 0 Å². The highest BCUT2D eigenvalue weighted by Gasteiger charge is 2.33. The average molecular weight is 268 g/mol. The van der Waals surface area contributed by atoms with Gasteiger partial charge in [-0.2, -0.15) is 0 Å². The molecule has 0 unspecified atom stereocenters. The van der Waals surface area contributed by atoms with Crippen LogP contribution in [0.4, 0.5) is 5.88 Å². The molecule has 1 aromatic heterocycles. The number of nitro groups is 1. The molecule has 0 amide bonds. The van der Waals surface area contributed by atoms with E-state index in [-0.39, 0.29) is 18.0 Å².